The van der Waals surface area contributed by atoms with Crippen LogP contribution in [0.5, 0.6) is 0 Å². The van der Waals surface area contributed by atoms with Crippen LogP contribution in [-0.4, -0.2) is 114 Å². The number of amides is 9. The number of methoxy groups -OCH3 is 1. The maximum Gasteiger partial charge on any atom is 1.00 e. The Hall–Kier alpha value is 2.91. The van der Waals surface area contributed by atoms with Crippen molar-refractivity contribution in [2.24, 2.45) is 23.1 Å². The molecule has 3 saturated carbocycles. The molecule has 26 heteroatoms. The molecule has 6 aliphatic rings. The Morgan fingerprint density at radius 3 is 1.17 bits per heavy atom. The summed E-state index contributed by atoms with van der Waals surface area (Å²) in [4.78, 5) is 114. The predicted molar refractivity (Wildman–Crippen MR) is 213 cm³/mol. The Bertz CT molecular complexity index is 1920. The predicted octanol–water partition coefficient (Wildman–Crippen LogP) is -8.70. The van der Waals surface area contributed by atoms with Crippen molar-refractivity contribution < 1.29 is 353 Å². The number of esters is 2. The number of carbonyl (C=O) groups excluding carboxylic acids is 8. The summed E-state index contributed by atoms with van der Waals surface area (Å²) in [6.07, 6.45) is 7.17. The third-order valence-corrected chi connectivity index (χ3v) is 11.8. The van der Waals surface area contributed by atoms with Crippen LogP contribution in [0.3, 0.4) is 0 Å². The number of fused-ring (bicyclic) bond motifs is 3. The Morgan fingerprint density at radius 1 is 0.576 bits per heavy atom. The zero-order chi connectivity index (χ0) is 45.5. The zero-order valence-corrected chi connectivity index (χ0v) is 65.3. The summed E-state index contributed by atoms with van der Waals surface area (Å²) in [6, 6.07) is -2.17. The molecule has 0 spiro atoms. The summed E-state index contributed by atoms with van der Waals surface area (Å²) in [6.45, 7) is 7.25. The molecule has 0 bridgehead atoms. The maximum absolute atomic E-state index is 12.5. The summed E-state index contributed by atoms with van der Waals surface area (Å²) in [5.74, 6) is -2.73. The van der Waals surface area contributed by atoms with Crippen LogP contribution in [0.4, 0.5) is 14.4 Å². The molecule has 1 N–H and O–H groups in total. The molecule has 3 aliphatic carbocycles. The van der Waals surface area contributed by atoms with Gasteiger partial charge in [-0.3, -0.25) is 38.4 Å². The van der Waals surface area contributed by atoms with Crippen LogP contribution in [0.2, 0.25) is 0 Å². The number of ether oxygens (including phenoxy) is 3. The number of hydrogen-bond acceptors (Lipinski definition) is 15. The minimum atomic E-state index is -0.915. The van der Waals surface area contributed by atoms with Crippen molar-refractivity contribution in [2.75, 3.05) is 28.3 Å². The normalized spacial score (nSPS) is 24.9. The van der Waals surface area contributed by atoms with Gasteiger partial charge in [-0.15, -0.1) is 18.8 Å². The van der Waals surface area contributed by atoms with E-state index in [9.17, 15) is 48.4 Å². The monoisotopic (exact) mass is 1280 g/mol. The van der Waals surface area contributed by atoms with E-state index in [2.05, 4.69) is 26.1 Å². The Labute approximate surface area is 629 Å². The minimum Gasteiger partial charge on any atom is -0.522 e. The third-order valence-electron chi connectivity index (χ3n) is 11.8. The molecule has 3 heterocycles. The van der Waals surface area contributed by atoms with Crippen molar-refractivity contribution in [2.45, 2.75) is 111 Å². The fraction of sp³-hybridized carbons (Fsp3) is 0.600. The van der Waals surface area contributed by atoms with Gasteiger partial charge < -0.3 is 54.8 Å². The molecule has 66 heavy (non-hydrogen) atoms. The van der Waals surface area contributed by atoms with E-state index < -0.39 is 41.8 Å². The number of rotatable bonds is 7. The smallest absolute Gasteiger partial charge is 0.522 e. The van der Waals surface area contributed by atoms with Crippen LogP contribution in [0.1, 0.15) is 92.4 Å². The number of allylic oxidation sites excluding steroid dienone is 3. The van der Waals surface area contributed by atoms with E-state index in [1.54, 1.807) is 6.92 Å². The van der Waals surface area contributed by atoms with Gasteiger partial charge in [0.1, 0.15) is 16.9 Å². The van der Waals surface area contributed by atoms with E-state index in [4.69, 9.17) is 14.2 Å². The Balaban J connectivity index is 0. The van der Waals surface area contributed by atoms with Gasteiger partial charge in [0.05, 0.1) is 5.76 Å². The Kier molecular flexibility index (Phi) is 36.3. The van der Waals surface area contributed by atoms with Crippen LogP contribution in [-0.2, 0) is 43.0 Å². The van der Waals surface area contributed by atoms with E-state index >= 15 is 0 Å². The molecular formula is C40H52N7O14Rb5. The summed E-state index contributed by atoms with van der Waals surface area (Å²) in [5, 5.41) is 22.4. The van der Waals surface area contributed by atoms with E-state index in [0.717, 1.165) is 56.3 Å². The first-order valence-electron chi connectivity index (χ1n) is 19.8. The molecule has 3 saturated heterocycles. The molecule has 6 fully saturated rings. The molecule has 0 aromatic rings. The summed E-state index contributed by atoms with van der Waals surface area (Å²) in [7, 11) is 5.45. The second-order valence-electron chi connectivity index (χ2n) is 15.1. The van der Waals surface area contributed by atoms with Crippen LogP contribution in [0.25, 0.3) is 16.0 Å². The first-order chi connectivity index (χ1) is 28.9. The van der Waals surface area contributed by atoms with E-state index in [0.29, 0.717) is 23.1 Å². The standard InChI is InChI=1S/C15H21N2O5.C14H18N3O6.C11H16N2O3.5Rb/c1-8(22-14(19)9(2)21-4)12-10-6-5-7-11(10)17(13(12)18)15(20)16-3;1-7(22-13(19)8(2)23-16-21)11-9-5-4-6-10(9)17(12(11)18)14(20)15-3;1-6(14)9-7-4-3-5-8(7)13(10(9)15)11(16)12-2;;;;;/h10-11H,5-7H2,1-4H3,(H,16,20);9-10H,4-6H2,1-3H3,(H,15,20);7-8H,3-5H2,1-2H3,(H2,12,14,15,16);;;;;/q2*-1;;5*+1/p-3/b12-8-;11-7-;;;;;;. The van der Waals surface area contributed by atoms with Gasteiger partial charge in [0, 0.05) is 23.8 Å². The van der Waals surface area contributed by atoms with Gasteiger partial charge in [0.2, 0.25) is 11.9 Å². The summed E-state index contributed by atoms with van der Waals surface area (Å²) >= 11 is 0. The third kappa shape index (κ3) is 16.7. The second kappa shape index (κ2) is 33.7. The number of likely N-dealkylation sites (tertiary alicyclic amines) is 3. The van der Waals surface area contributed by atoms with Gasteiger partial charge in [-0.2, -0.15) is 6.10 Å². The topological polar surface area (TPSA) is 275 Å². The summed E-state index contributed by atoms with van der Waals surface area (Å²) in [5.41, 5.74) is 1.10. The number of imide groups is 3. The van der Waals surface area contributed by atoms with Crippen LogP contribution in [0, 0.1) is 34.9 Å². The average molecular weight is 1280 g/mol. The molecule has 21 nitrogen and oxygen atoms in total. The largest absolute Gasteiger partial charge is 1.00 e. The number of nitrogens with zero attached hydrogens (tertiary/aromatic N) is 7. The van der Waals surface area contributed by atoms with Gasteiger partial charge in [0.25, 0.3) is 0 Å². The molecule has 9 amide bonds. The molecule has 336 valence electrons. The van der Waals surface area contributed by atoms with Gasteiger partial charge in [-0.05, 0) is 95.2 Å². The fourth-order valence-electron chi connectivity index (χ4n) is 9.04. The molecule has 3 aliphatic heterocycles. The van der Waals surface area contributed by atoms with E-state index in [-0.39, 0.29) is 362 Å². The summed E-state index contributed by atoms with van der Waals surface area (Å²) < 4.78 is 15.1. The van der Waals surface area contributed by atoms with Crippen molar-refractivity contribution in [1.82, 2.24) is 14.7 Å². The average Bonchev–Trinajstić information content (AvgIpc) is 4.08. The zero-order valence-electron chi connectivity index (χ0n) is 40.7. The van der Waals surface area contributed by atoms with Crippen molar-refractivity contribution in [3.63, 3.8) is 0 Å². The van der Waals surface area contributed by atoms with Gasteiger partial charge in [-0.1, -0.05) is 46.5 Å². The number of hydrogen-bond donors (Lipinski definition) is 1. The van der Waals surface area contributed by atoms with Gasteiger partial charge >= 0.3 is 291 Å². The fourth-order valence-corrected chi connectivity index (χ4v) is 9.04. The van der Waals surface area contributed by atoms with E-state index in [1.807, 2.05) is 0 Å². The number of urea groups is 3. The van der Waals surface area contributed by atoms with Crippen LogP contribution < -0.4 is 291 Å². The number of aliphatic hydroxyl groups excluding tert-OH is 1. The molecule has 0 aromatic heterocycles. The quantitative estimate of drug-likeness (QED) is 0.0620. The number of aliphatic hydroxyl groups is 1. The molecular weight excluding hydrogens is 1230 g/mol. The van der Waals surface area contributed by atoms with Crippen LogP contribution >= 0.6 is 0 Å². The molecule has 0 aromatic carbocycles. The second-order valence-corrected chi connectivity index (χ2v) is 15.1. The minimum absolute atomic E-state index is 0. The van der Waals surface area contributed by atoms with Crippen molar-refractivity contribution >= 4 is 47.8 Å². The van der Waals surface area contributed by atoms with Gasteiger partial charge in [0.15, 0.2) is 35.8 Å². The van der Waals surface area contributed by atoms with Crippen molar-refractivity contribution in [3.8, 4) is 0 Å². The Morgan fingerprint density at radius 2 is 0.879 bits per heavy atom. The SMILES string of the molecule is C[N-]C(=O)N1C(=O)/C(=C(/C)O)C2CCCC21.C[N-]C(=O)N1C(=O)/C(=C(/C)OC(=O)[C-](C)OC)C2CCCC21.C[N-]C(=O)N1C(=O)/C(=C(/C)OC(=O)[C-](C)ON=O)C2CCCC21.[Rb+].[Rb+].[Rb+].[Rb+].[Rb+]. The molecule has 6 rings (SSSR count). The first-order valence-corrected chi connectivity index (χ1v) is 19.8. The molecule has 6 atom stereocenters. The first kappa shape index (κ1) is 71.0. The number of carbonyl (C=O) groups is 8. The molecule has 6 unspecified atom stereocenters. The molecule has 0 radical (unpaired) electrons. The van der Waals surface area contributed by atoms with Crippen molar-refractivity contribution in [1.29, 1.82) is 0 Å². The maximum atomic E-state index is 12.5. The van der Waals surface area contributed by atoms with Gasteiger partial charge in [-0.25, -0.2) is 0 Å². The van der Waals surface area contributed by atoms with E-state index in [1.165, 1.54) is 65.7 Å². The van der Waals surface area contributed by atoms with Crippen LogP contribution in [0.15, 0.2) is 39.3 Å². The van der Waals surface area contributed by atoms with Crippen molar-refractivity contribution in [3.05, 3.63) is 67.1 Å².